The van der Waals surface area contributed by atoms with E-state index in [-0.39, 0.29) is 5.82 Å². The highest BCUT2D eigenvalue weighted by molar-refractivity contribution is 9.10. The molecule has 0 spiro atoms. The summed E-state index contributed by atoms with van der Waals surface area (Å²) in [5.41, 5.74) is 4.80. The van der Waals surface area contributed by atoms with Crippen LogP contribution in [0.2, 0.25) is 5.02 Å². The van der Waals surface area contributed by atoms with Crippen LogP contribution in [0, 0.1) is 5.82 Å². The summed E-state index contributed by atoms with van der Waals surface area (Å²) < 4.78 is 16.5. The van der Waals surface area contributed by atoms with E-state index >= 15 is 0 Å². The zero-order valence-corrected chi connectivity index (χ0v) is 14.2. The largest absolute Gasteiger partial charge is 0.271 e. The number of benzene rings is 1. The van der Waals surface area contributed by atoms with E-state index in [9.17, 15) is 4.39 Å². The summed E-state index contributed by atoms with van der Waals surface area (Å²) in [5.74, 6) is 5.30. The fourth-order valence-electron chi connectivity index (χ4n) is 2.32. The molecule has 0 radical (unpaired) electrons. The number of nitrogens with two attached hydrogens (primary N) is 1. The second kappa shape index (κ2) is 6.87. The molecule has 0 aliphatic heterocycles. The highest BCUT2D eigenvalue weighted by atomic mass is 79.9. The van der Waals surface area contributed by atoms with Crippen molar-refractivity contribution >= 4 is 27.5 Å². The maximum atomic E-state index is 14.1. The number of nitrogens with one attached hydrogen (secondary N) is 1. The minimum atomic E-state index is -0.404. The fourth-order valence-corrected chi connectivity index (χ4v) is 3.31. The SMILES string of the molecule is CCc1nn(C)c(CC(NN)c2c(F)cccc2Br)c1Cl. The molecule has 0 saturated carbocycles. The first-order valence-electron chi connectivity index (χ1n) is 6.59. The van der Waals surface area contributed by atoms with Gasteiger partial charge in [0.05, 0.1) is 22.5 Å². The molecule has 21 heavy (non-hydrogen) atoms. The van der Waals surface area contributed by atoms with E-state index in [0.717, 1.165) is 17.8 Å². The Hall–Kier alpha value is -0.950. The number of rotatable bonds is 5. The molecule has 0 bridgehead atoms. The van der Waals surface area contributed by atoms with Crippen molar-refractivity contribution in [3.63, 3.8) is 0 Å². The van der Waals surface area contributed by atoms with Crippen LogP contribution in [0.4, 0.5) is 4.39 Å². The third-order valence-corrected chi connectivity index (χ3v) is 4.58. The molecule has 1 aromatic heterocycles. The molecule has 1 heterocycles. The number of hydrazine groups is 1. The molecule has 1 unspecified atom stereocenters. The standard InChI is InChI=1S/C14H17BrClFN4/c1-3-10-14(16)12(21(2)20-10)7-11(19-18)13-8(15)5-4-6-9(13)17/h4-6,11,19H,3,7,18H2,1-2H3. The average molecular weight is 376 g/mol. The summed E-state index contributed by atoms with van der Waals surface area (Å²) in [4.78, 5) is 0. The number of aryl methyl sites for hydroxylation is 2. The summed E-state index contributed by atoms with van der Waals surface area (Å²) in [5, 5.41) is 4.98. The lowest BCUT2D eigenvalue weighted by molar-refractivity contribution is 0.495. The molecule has 1 aromatic carbocycles. The molecule has 7 heteroatoms. The van der Waals surface area contributed by atoms with Gasteiger partial charge in [0, 0.05) is 23.5 Å². The molecule has 2 rings (SSSR count). The van der Waals surface area contributed by atoms with Crippen LogP contribution in [0.15, 0.2) is 22.7 Å². The fraction of sp³-hybridized carbons (Fsp3) is 0.357. The van der Waals surface area contributed by atoms with Crippen molar-refractivity contribution in [2.24, 2.45) is 12.9 Å². The number of aromatic nitrogens is 2. The maximum Gasteiger partial charge on any atom is 0.129 e. The minimum Gasteiger partial charge on any atom is -0.271 e. The van der Waals surface area contributed by atoms with Gasteiger partial charge in [0.2, 0.25) is 0 Å². The van der Waals surface area contributed by atoms with Crippen molar-refractivity contribution in [2.75, 3.05) is 0 Å². The van der Waals surface area contributed by atoms with E-state index < -0.39 is 6.04 Å². The summed E-state index contributed by atoms with van der Waals surface area (Å²) in [7, 11) is 1.82. The highest BCUT2D eigenvalue weighted by Crippen LogP contribution is 2.31. The lowest BCUT2D eigenvalue weighted by Crippen LogP contribution is -2.31. The molecule has 0 amide bonds. The summed E-state index contributed by atoms with van der Waals surface area (Å²) >= 11 is 9.71. The van der Waals surface area contributed by atoms with Gasteiger partial charge < -0.3 is 0 Å². The van der Waals surface area contributed by atoms with Gasteiger partial charge in [0.15, 0.2) is 0 Å². The molecular weight excluding hydrogens is 359 g/mol. The van der Waals surface area contributed by atoms with Gasteiger partial charge in [0.1, 0.15) is 5.82 Å². The third-order valence-electron chi connectivity index (χ3n) is 3.45. The van der Waals surface area contributed by atoms with E-state index in [1.807, 2.05) is 14.0 Å². The van der Waals surface area contributed by atoms with Crippen LogP contribution < -0.4 is 11.3 Å². The normalized spacial score (nSPS) is 12.7. The van der Waals surface area contributed by atoms with Gasteiger partial charge in [-0.25, -0.2) is 4.39 Å². The van der Waals surface area contributed by atoms with Gasteiger partial charge in [-0.15, -0.1) is 0 Å². The number of nitrogens with zero attached hydrogens (tertiary/aromatic N) is 2. The van der Waals surface area contributed by atoms with Gasteiger partial charge in [-0.1, -0.05) is 40.5 Å². The summed E-state index contributed by atoms with van der Waals surface area (Å²) in [6.07, 6.45) is 1.19. The molecule has 0 aliphatic carbocycles. The van der Waals surface area contributed by atoms with Crippen molar-refractivity contribution in [3.8, 4) is 0 Å². The number of hydrogen-bond acceptors (Lipinski definition) is 3. The van der Waals surface area contributed by atoms with Gasteiger partial charge in [0.25, 0.3) is 0 Å². The molecule has 0 saturated heterocycles. The van der Waals surface area contributed by atoms with Crippen LogP contribution >= 0.6 is 27.5 Å². The Balaban J connectivity index is 2.38. The number of hydrogen-bond donors (Lipinski definition) is 2. The molecule has 0 fully saturated rings. The highest BCUT2D eigenvalue weighted by Gasteiger charge is 2.22. The van der Waals surface area contributed by atoms with Crippen LogP contribution in [-0.4, -0.2) is 9.78 Å². The third kappa shape index (κ3) is 3.29. The van der Waals surface area contributed by atoms with Gasteiger partial charge in [-0.05, 0) is 18.6 Å². The zero-order chi connectivity index (χ0) is 15.6. The molecule has 2 aromatic rings. The zero-order valence-electron chi connectivity index (χ0n) is 11.8. The lowest BCUT2D eigenvalue weighted by atomic mass is 10.0. The predicted octanol–water partition coefficient (Wildman–Crippen LogP) is 3.28. The molecule has 114 valence electrons. The second-order valence-electron chi connectivity index (χ2n) is 4.74. The Kier molecular flexibility index (Phi) is 5.37. The van der Waals surface area contributed by atoms with Crippen molar-refractivity contribution in [3.05, 3.63) is 50.5 Å². The first-order chi connectivity index (χ1) is 9.99. The van der Waals surface area contributed by atoms with E-state index in [1.165, 1.54) is 6.07 Å². The van der Waals surface area contributed by atoms with E-state index in [0.29, 0.717) is 21.5 Å². The second-order valence-corrected chi connectivity index (χ2v) is 5.98. The summed E-state index contributed by atoms with van der Waals surface area (Å²) in [6.45, 7) is 1.99. The van der Waals surface area contributed by atoms with Gasteiger partial charge in [-0.2, -0.15) is 5.10 Å². The monoisotopic (exact) mass is 374 g/mol. The van der Waals surface area contributed by atoms with E-state index in [1.54, 1.807) is 16.8 Å². The Labute approximate surface area is 136 Å². The van der Waals surface area contributed by atoms with Crippen LogP contribution in [0.25, 0.3) is 0 Å². The van der Waals surface area contributed by atoms with Crippen LogP contribution in [-0.2, 0) is 19.9 Å². The molecule has 3 N–H and O–H groups in total. The predicted molar refractivity (Wildman–Crippen MR) is 85.5 cm³/mol. The van der Waals surface area contributed by atoms with Crippen LogP contribution in [0.5, 0.6) is 0 Å². The first-order valence-corrected chi connectivity index (χ1v) is 7.76. The molecule has 1 atom stereocenters. The molecule has 0 aliphatic rings. The Bertz CT molecular complexity index is 624. The summed E-state index contributed by atoms with van der Waals surface area (Å²) in [6, 6.07) is 4.43. The van der Waals surface area contributed by atoms with Crippen molar-refractivity contribution in [2.45, 2.75) is 25.8 Å². The Morgan fingerprint density at radius 3 is 2.76 bits per heavy atom. The quantitative estimate of drug-likeness (QED) is 0.623. The van der Waals surface area contributed by atoms with E-state index in [2.05, 4.69) is 26.5 Å². The van der Waals surface area contributed by atoms with Crippen LogP contribution in [0.1, 0.15) is 29.9 Å². The Morgan fingerprint density at radius 2 is 2.24 bits per heavy atom. The first kappa shape index (κ1) is 16.4. The van der Waals surface area contributed by atoms with Gasteiger partial charge in [-0.3, -0.25) is 16.0 Å². The Morgan fingerprint density at radius 1 is 1.52 bits per heavy atom. The van der Waals surface area contributed by atoms with E-state index in [4.69, 9.17) is 17.4 Å². The molecular formula is C14H17BrClFN4. The average Bonchev–Trinajstić information content (AvgIpc) is 2.72. The molecule has 4 nitrogen and oxygen atoms in total. The van der Waals surface area contributed by atoms with Gasteiger partial charge >= 0.3 is 0 Å². The topological polar surface area (TPSA) is 55.9 Å². The minimum absolute atomic E-state index is 0.318. The van der Waals surface area contributed by atoms with Crippen LogP contribution in [0.3, 0.4) is 0 Å². The smallest absolute Gasteiger partial charge is 0.129 e. The van der Waals surface area contributed by atoms with Crippen molar-refractivity contribution in [1.29, 1.82) is 0 Å². The number of halogens is 3. The van der Waals surface area contributed by atoms with Crippen molar-refractivity contribution < 1.29 is 4.39 Å². The van der Waals surface area contributed by atoms with Crippen molar-refractivity contribution in [1.82, 2.24) is 15.2 Å². The lowest BCUT2D eigenvalue weighted by Gasteiger charge is -2.19. The maximum absolute atomic E-state index is 14.1.